The molecule has 0 aliphatic heterocycles. The van der Waals surface area contributed by atoms with Crippen molar-refractivity contribution in [2.75, 3.05) is 0 Å². The van der Waals surface area contributed by atoms with Crippen LogP contribution < -0.4 is 0 Å². The number of aromatic nitrogens is 2. The van der Waals surface area contributed by atoms with E-state index in [1.54, 1.807) is 12.1 Å². The Hall–Kier alpha value is -2.52. The van der Waals surface area contributed by atoms with E-state index >= 15 is 0 Å². The number of phenolic OH excluding ortho intramolecular Hbond substituents is 2. The molecule has 134 valence electrons. The van der Waals surface area contributed by atoms with E-state index in [2.05, 4.69) is 9.97 Å². The van der Waals surface area contributed by atoms with Crippen molar-refractivity contribution in [2.45, 2.75) is 27.7 Å². The molecule has 2 N–H and O–H groups in total. The first-order valence-electron chi connectivity index (χ1n) is 8.48. The maximum absolute atomic E-state index is 9.56. The Kier molecular flexibility index (Phi) is 6.51. The van der Waals surface area contributed by atoms with Gasteiger partial charge < -0.3 is 10.2 Å². The minimum absolute atomic E-state index is 0. The van der Waals surface area contributed by atoms with Gasteiger partial charge in [0.25, 0.3) is 0 Å². The van der Waals surface area contributed by atoms with Crippen molar-refractivity contribution < 1.29 is 29.7 Å². The standard InChI is InChI=1S/2C11H11NO.Zn/c2*1-7-6-8(2)12-11-9(7)4-3-5-10(11)13;/h2*3-6,13H,1-2H3;. The van der Waals surface area contributed by atoms with Crippen molar-refractivity contribution in [3.05, 3.63) is 71.0 Å². The fourth-order valence-electron chi connectivity index (χ4n) is 3.13. The van der Waals surface area contributed by atoms with Crippen LogP contribution in [0.15, 0.2) is 48.5 Å². The van der Waals surface area contributed by atoms with Crippen LogP contribution in [0.3, 0.4) is 0 Å². The average Bonchev–Trinajstić information content (AvgIpc) is 2.57. The van der Waals surface area contributed by atoms with Gasteiger partial charge in [0, 0.05) is 41.6 Å². The topological polar surface area (TPSA) is 66.2 Å². The molecule has 0 unspecified atom stereocenters. The molecule has 0 aliphatic carbocycles. The van der Waals surface area contributed by atoms with Crippen LogP contribution in [0.5, 0.6) is 11.5 Å². The maximum Gasteiger partial charge on any atom is 0.141 e. The number of aromatic hydroxyl groups is 2. The van der Waals surface area contributed by atoms with Crippen LogP contribution in [0.4, 0.5) is 0 Å². The third-order valence-electron chi connectivity index (χ3n) is 4.31. The molecule has 0 saturated carbocycles. The predicted molar refractivity (Wildman–Crippen MR) is 106 cm³/mol. The normalized spacial score (nSPS) is 10.2. The van der Waals surface area contributed by atoms with E-state index in [4.69, 9.17) is 0 Å². The van der Waals surface area contributed by atoms with Crippen LogP contribution in [-0.2, 0) is 19.5 Å². The van der Waals surface area contributed by atoms with Crippen molar-refractivity contribution in [1.82, 2.24) is 9.97 Å². The Balaban J connectivity index is 0.000000187. The van der Waals surface area contributed by atoms with Crippen LogP contribution in [-0.4, -0.2) is 20.2 Å². The number of phenols is 2. The van der Waals surface area contributed by atoms with Crippen LogP contribution >= 0.6 is 0 Å². The van der Waals surface area contributed by atoms with E-state index in [9.17, 15) is 10.2 Å². The fourth-order valence-corrected chi connectivity index (χ4v) is 3.13. The Morgan fingerprint density at radius 2 is 1.00 bits per heavy atom. The van der Waals surface area contributed by atoms with Crippen LogP contribution in [0.2, 0.25) is 0 Å². The zero-order chi connectivity index (χ0) is 18.8. The molecule has 27 heavy (non-hydrogen) atoms. The molecular weight excluding hydrogens is 390 g/mol. The van der Waals surface area contributed by atoms with Gasteiger partial charge in [-0.05, 0) is 63.1 Å². The summed E-state index contributed by atoms with van der Waals surface area (Å²) < 4.78 is 0. The number of pyridine rings is 2. The van der Waals surface area contributed by atoms with E-state index < -0.39 is 0 Å². The molecule has 0 bridgehead atoms. The largest absolute Gasteiger partial charge is 0.506 e. The summed E-state index contributed by atoms with van der Waals surface area (Å²) in [4.78, 5) is 8.57. The van der Waals surface area contributed by atoms with E-state index in [1.807, 2.05) is 64.1 Å². The number of rotatable bonds is 0. The summed E-state index contributed by atoms with van der Waals surface area (Å²) in [6.45, 7) is 7.91. The number of nitrogens with zero attached hydrogens (tertiary/aromatic N) is 2. The van der Waals surface area contributed by atoms with Crippen LogP contribution in [0, 0.1) is 27.7 Å². The molecule has 2 aromatic heterocycles. The molecule has 0 spiro atoms. The van der Waals surface area contributed by atoms with Gasteiger partial charge in [-0.2, -0.15) is 0 Å². The molecule has 0 fully saturated rings. The first-order valence-corrected chi connectivity index (χ1v) is 8.48. The van der Waals surface area contributed by atoms with E-state index in [-0.39, 0.29) is 31.0 Å². The van der Waals surface area contributed by atoms with Crippen LogP contribution in [0.25, 0.3) is 21.8 Å². The van der Waals surface area contributed by atoms with E-state index in [1.165, 1.54) is 0 Å². The second kappa shape index (κ2) is 8.45. The summed E-state index contributed by atoms with van der Waals surface area (Å²) in [5, 5.41) is 21.2. The maximum atomic E-state index is 9.56. The number of hydrogen-bond acceptors (Lipinski definition) is 4. The van der Waals surface area contributed by atoms with Gasteiger partial charge in [-0.25, -0.2) is 9.97 Å². The fraction of sp³-hybridized carbons (Fsp3) is 0.182. The minimum atomic E-state index is 0. The first-order chi connectivity index (χ1) is 12.4. The van der Waals surface area contributed by atoms with Gasteiger partial charge in [0.1, 0.15) is 22.5 Å². The third kappa shape index (κ3) is 4.43. The minimum Gasteiger partial charge on any atom is -0.506 e. The summed E-state index contributed by atoms with van der Waals surface area (Å²) in [7, 11) is 0. The van der Waals surface area contributed by atoms with Crippen molar-refractivity contribution in [3.63, 3.8) is 0 Å². The molecule has 0 radical (unpaired) electrons. The molecule has 2 heterocycles. The molecule has 0 aliphatic rings. The van der Waals surface area contributed by atoms with Crippen LogP contribution in [0.1, 0.15) is 22.5 Å². The average molecular weight is 412 g/mol. The summed E-state index contributed by atoms with van der Waals surface area (Å²) in [6.07, 6.45) is 0. The third-order valence-corrected chi connectivity index (χ3v) is 4.31. The second-order valence-corrected chi connectivity index (χ2v) is 6.51. The molecule has 4 aromatic rings. The van der Waals surface area contributed by atoms with Gasteiger partial charge in [0.2, 0.25) is 0 Å². The Labute approximate surface area is 171 Å². The van der Waals surface area contributed by atoms with Gasteiger partial charge in [-0.3, -0.25) is 0 Å². The molecular formula is C22H22N2O2Zn. The molecule has 0 amide bonds. The predicted octanol–water partition coefficient (Wildman–Crippen LogP) is 5.11. The first kappa shape index (κ1) is 20.8. The Bertz CT molecular complexity index is 1020. The van der Waals surface area contributed by atoms with Gasteiger partial charge in [0.15, 0.2) is 0 Å². The Morgan fingerprint density at radius 3 is 1.37 bits per heavy atom. The number of para-hydroxylation sites is 2. The summed E-state index contributed by atoms with van der Waals surface area (Å²) in [6, 6.07) is 15.0. The number of fused-ring (bicyclic) bond motifs is 2. The number of aryl methyl sites for hydroxylation is 4. The SMILES string of the molecule is Cc1cc(C)c2cccc(O)c2n1.Cc1cc(C)c2cccc(O)c2n1.[Zn]. The molecule has 2 aromatic carbocycles. The van der Waals surface area contributed by atoms with Crippen molar-refractivity contribution in [2.24, 2.45) is 0 Å². The molecule has 0 saturated heterocycles. The molecule has 5 heteroatoms. The molecule has 4 nitrogen and oxygen atoms in total. The quantitative estimate of drug-likeness (QED) is 0.394. The summed E-state index contributed by atoms with van der Waals surface area (Å²) >= 11 is 0. The van der Waals surface area contributed by atoms with Crippen molar-refractivity contribution >= 4 is 21.8 Å². The van der Waals surface area contributed by atoms with Gasteiger partial charge in [0.05, 0.1) is 0 Å². The molecule has 4 rings (SSSR count). The number of hydrogen-bond donors (Lipinski definition) is 2. The summed E-state index contributed by atoms with van der Waals surface area (Å²) in [5.74, 6) is 0.508. The van der Waals surface area contributed by atoms with Gasteiger partial charge in [-0.1, -0.05) is 24.3 Å². The van der Waals surface area contributed by atoms with Crippen molar-refractivity contribution in [3.8, 4) is 11.5 Å². The zero-order valence-electron chi connectivity index (χ0n) is 16.1. The van der Waals surface area contributed by atoms with E-state index in [0.717, 1.165) is 33.3 Å². The zero-order valence-corrected chi connectivity index (χ0v) is 19.1. The van der Waals surface area contributed by atoms with Gasteiger partial charge >= 0.3 is 0 Å². The second-order valence-electron chi connectivity index (χ2n) is 6.51. The summed E-state index contributed by atoms with van der Waals surface area (Å²) in [5.41, 5.74) is 5.56. The van der Waals surface area contributed by atoms with Crippen molar-refractivity contribution in [1.29, 1.82) is 0 Å². The monoisotopic (exact) mass is 410 g/mol. The molecule has 0 atom stereocenters. The van der Waals surface area contributed by atoms with Gasteiger partial charge in [-0.15, -0.1) is 0 Å². The smallest absolute Gasteiger partial charge is 0.141 e. The Morgan fingerprint density at radius 1 is 0.630 bits per heavy atom. The van der Waals surface area contributed by atoms with E-state index in [0.29, 0.717) is 11.0 Å². The number of benzene rings is 2.